The van der Waals surface area contributed by atoms with Gasteiger partial charge in [-0.05, 0) is 31.6 Å². The summed E-state index contributed by atoms with van der Waals surface area (Å²) in [5.74, 6) is -1.26. The van der Waals surface area contributed by atoms with Gasteiger partial charge in [0, 0.05) is 25.7 Å². The van der Waals surface area contributed by atoms with E-state index in [0.29, 0.717) is 25.7 Å². The van der Waals surface area contributed by atoms with Gasteiger partial charge in [0.25, 0.3) is 0 Å². The van der Waals surface area contributed by atoms with Crippen LogP contribution in [-0.2, 0) is 65.4 Å². The number of phosphoric acid groups is 2. The molecule has 0 aliphatic carbocycles. The normalized spacial score (nSPS) is 14.2. The number of rotatable bonds is 79. The lowest BCUT2D eigenvalue weighted by molar-refractivity contribution is -0.161. The van der Waals surface area contributed by atoms with Gasteiger partial charge >= 0.3 is 39.5 Å². The molecule has 0 spiro atoms. The van der Waals surface area contributed by atoms with Crippen molar-refractivity contribution >= 4 is 39.5 Å². The molecular weight excluding hydrogens is 1280 g/mol. The average Bonchev–Trinajstić information content (AvgIpc) is 2.07. The van der Waals surface area contributed by atoms with Crippen molar-refractivity contribution in [2.75, 3.05) is 39.6 Å². The lowest BCUT2D eigenvalue weighted by Crippen LogP contribution is -2.30. The number of carbonyl (C=O) groups excluding carboxylic acids is 4. The maximum absolute atomic E-state index is 13.1. The fourth-order valence-corrected chi connectivity index (χ4v) is 13.8. The lowest BCUT2D eigenvalue weighted by atomic mass is 9.99. The summed E-state index contributed by atoms with van der Waals surface area (Å²) < 4.78 is 68.6. The molecule has 582 valence electrons. The molecule has 19 heteroatoms. The molecule has 0 fully saturated rings. The summed E-state index contributed by atoms with van der Waals surface area (Å²) in [6.45, 7) is 7.36. The molecule has 0 amide bonds. The SMILES string of the molecule is CCCCCCCCCCCCCCCCCCCCCC(=O)O[C@H](COC(=O)CCCCCCCCCCCCCCCCC(C)CC)COP(=O)(O)OC[C@@H](O)COP(=O)(O)OC[C@@H](COC(=O)CCCCCCCCCCCC)OC(=O)CCCCCCCCCCCCC. The third kappa shape index (κ3) is 71.1. The molecule has 0 rings (SSSR count). The summed E-state index contributed by atoms with van der Waals surface area (Å²) in [7, 11) is -9.91. The molecular formula is C79H154O17P2. The van der Waals surface area contributed by atoms with Crippen LogP contribution in [0.25, 0.3) is 0 Å². The van der Waals surface area contributed by atoms with E-state index in [2.05, 4.69) is 34.6 Å². The van der Waals surface area contributed by atoms with Crippen LogP contribution in [0.1, 0.15) is 420 Å². The minimum Gasteiger partial charge on any atom is -0.462 e. The van der Waals surface area contributed by atoms with Crippen molar-refractivity contribution < 1.29 is 80.2 Å². The highest BCUT2D eigenvalue weighted by atomic mass is 31.2. The zero-order chi connectivity index (χ0) is 71.9. The number of hydrogen-bond donors (Lipinski definition) is 3. The first-order valence-electron chi connectivity index (χ1n) is 41.2. The molecule has 6 atom stereocenters. The Hall–Kier alpha value is -1.94. The van der Waals surface area contributed by atoms with Crippen molar-refractivity contribution in [3.63, 3.8) is 0 Å². The van der Waals surface area contributed by atoms with Crippen LogP contribution in [0.4, 0.5) is 0 Å². The minimum absolute atomic E-state index is 0.107. The van der Waals surface area contributed by atoms with Crippen LogP contribution in [0.5, 0.6) is 0 Å². The Morgan fingerprint density at radius 2 is 0.490 bits per heavy atom. The molecule has 0 saturated carbocycles. The second kappa shape index (κ2) is 72.0. The van der Waals surface area contributed by atoms with E-state index < -0.39 is 97.5 Å². The molecule has 3 N–H and O–H groups in total. The summed E-state index contributed by atoms with van der Waals surface area (Å²) in [4.78, 5) is 72.9. The topological polar surface area (TPSA) is 237 Å². The number of aliphatic hydroxyl groups is 1. The van der Waals surface area contributed by atoms with Crippen molar-refractivity contribution in [1.29, 1.82) is 0 Å². The van der Waals surface area contributed by atoms with Gasteiger partial charge in [0.05, 0.1) is 26.4 Å². The second-order valence-corrected chi connectivity index (χ2v) is 31.6. The van der Waals surface area contributed by atoms with Crippen LogP contribution in [-0.4, -0.2) is 96.7 Å². The van der Waals surface area contributed by atoms with Gasteiger partial charge in [-0.2, -0.15) is 0 Å². The Labute approximate surface area is 600 Å². The quantitative estimate of drug-likeness (QED) is 0.0222. The van der Waals surface area contributed by atoms with Crippen LogP contribution in [0, 0.1) is 5.92 Å². The Balaban J connectivity index is 5.21. The molecule has 0 radical (unpaired) electrons. The molecule has 0 heterocycles. The lowest BCUT2D eigenvalue weighted by Gasteiger charge is -2.21. The van der Waals surface area contributed by atoms with Gasteiger partial charge in [-0.3, -0.25) is 37.3 Å². The van der Waals surface area contributed by atoms with Gasteiger partial charge in [0.2, 0.25) is 0 Å². The summed E-state index contributed by atoms with van der Waals surface area (Å²) in [5.41, 5.74) is 0. The van der Waals surface area contributed by atoms with Gasteiger partial charge in [-0.15, -0.1) is 0 Å². The minimum atomic E-state index is -4.96. The molecule has 0 aromatic rings. The monoisotopic (exact) mass is 1440 g/mol. The standard InChI is InChI=1S/C79H154O17P2/c1-6-10-13-16-19-22-25-26-27-28-29-30-31-36-40-45-50-55-60-65-79(84)96-75(69-90-77(82)63-58-53-48-43-39-35-33-32-34-38-41-46-51-56-61-72(5)9-4)71-94-98(87,88)92-67-73(80)66-91-97(85,86)93-70-74(68-89-76(81)62-57-52-47-42-24-21-18-15-12-8-3)95-78(83)64-59-54-49-44-37-23-20-17-14-11-7-2/h72-75,80H,6-71H2,1-5H3,(H,85,86)(H,87,88)/t72?,73-,74+,75+/m0/s1. The fourth-order valence-electron chi connectivity index (χ4n) is 12.2. The molecule has 0 aliphatic heterocycles. The van der Waals surface area contributed by atoms with Crippen molar-refractivity contribution in [2.24, 2.45) is 5.92 Å². The third-order valence-corrected chi connectivity index (χ3v) is 20.8. The Kier molecular flexibility index (Phi) is 70.6. The molecule has 0 saturated heterocycles. The molecule has 17 nitrogen and oxygen atoms in total. The predicted octanol–water partition coefficient (Wildman–Crippen LogP) is 23.6. The Morgan fingerprint density at radius 3 is 0.724 bits per heavy atom. The maximum atomic E-state index is 13.1. The van der Waals surface area contributed by atoms with Crippen LogP contribution < -0.4 is 0 Å². The fraction of sp³-hybridized carbons (Fsp3) is 0.949. The first kappa shape index (κ1) is 96.1. The van der Waals surface area contributed by atoms with Crippen LogP contribution >= 0.6 is 15.6 Å². The Bertz CT molecular complexity index is 1880. The summed E-state index contributed by atoms with van der Waals surface area (Å²) in [6, 6.07) is 0. The van der Waals surface area contributed by atoms with E-state index in [1.165, 1.54) is 244 Å². The van der Waals surface area contributed by atoms with E-state index in [1.54, 1.807) is 0 Å². The number of hydrogen-bond acceptors (Lipinski definition) is 15. The van der Waals surface area contributed by atoms with Crippen molar-refractivity contribution in [3.8, 4) is 0 Å². The number of carbonyl (C=O) groups is 4. The summed E-state index contributed by atoms with van der Waals surface area (Å²) in [5, 5.41) is 10.6. The number of phosphoric ester groups is 2. The molecule has 0 aromatic heterocycles. The number of esters is 4. The number of ether oxygens (including phenoxy) is 4. The van der Waals surface area contributed by atoms with Crippen molar-refractivity contribution in [2.45, 2.75) is 438 Å². The number of unbranched alkanes of at least 4 members (excludes halogenated alkanes) is 50. The molecule has 0 aliphatic rings. The van der Waals surface area contributed by atoms with Crippen LogP contribution in [0.15, 0.2) is 0 Å². The highest BCUT2D eigenvalue weighted by Gasteiger charge is 2.30. The summed E-state index contributed by atoms with van der Waals surface area (Å²) >= 11 is 0. The molecule has 3 unspecified atom stereocenters. The van der Waals surface area contributed by atoms with Crippen LogP contribution in [0.3, 0.4) is 0 Å². The van der Waals surface area contributed by atoms with E-state index in [4.69, 9.17) is 37.0 Å². The second-order valence-electron chi connectivity index (χ2n) is 28.7. The third-order valence-electron chi connectivity index (χ3n) is 18.9. The van der Waals surface area contributed by atoms with Gasteiger partial charge in [-0.1, -0.05) is 369 Å². The highest BCUT2D eigenvalue weighted by molar-refractivity contribution is 7.47. The highest BCUT2D eigenvalue weighted by Crippen LogP contribution is 2.45. The van der Waals surface area contributed by atoms with E-state index >= 15 is 0 Å². The van der Waals surface area contributed by atoms with Gasteiger partial charge in [0.1, 0.15) is 19.3 Å². The molecule has 0 bridgehead atoms. The van der Waals surface area contributed by atoms with Crippen molar-refractivity contribution in [3.05, 3.63) is 0 Å². The van der Waals surface area contributed by atoms with Crippen molar-refractivity contribution in [1.82, 2.24) is 0 Å². The largest absolute Gasteiger partial charge is 0.472 e. The van der Waals surface area contributed by atoms with Gasteiger partial charge in [-0.25, -0.2) is 9.13 Å². The predicted molar refractivity (Wildman–Crippen MR) is 400 cm³/mol. The zero-order valence-corrected chi connectivity index (χ0v) is 65.7. The van der Waals surface area contributed by atoms with Crippen LogP contribution in [0.2, 0.25) is 0 Å². The number of aliphatic hydroxyl groups excluding tert-OH is 1. The first-order chi connectivity index (χ1) is 47.6. The van der Waals surface area contributed by atoms with E-state index in [1.807, 2.05) is 0 Å². The smallest absolute Gasteiger partial charge is 0.462 e. The van der Waals surface area contributed by atoms with Gasteiger partial charge < -0.3 is 33.8 Å². The van der Waals surface area contributed by atoms with E-state index in [0.717, 1.165) is 95.8 Å². The first-order valence-corrected chi connectivity index (χ1v) is 44.2. The maximum Gasteiger partial charge on any atom is 0.472 e. The van der Waals surface area contributed by atoms with E-state index in [9.17, 15) is 43.2 Å². The van der Waals surface area contributed by atoms with Gasteiger partial charge in [0.15, 0.2) is 12.2 Å². The summed E-state index contributed by atoms with van der Waals surface area (Å²) in [6.07, 6.45) is 62.3. The zero-order valence-electron chi connectivity index (χ0n) is 63.9. The molecule has 0 aromatic carbocycles. The average molecular weight is 1440 g/mol. The van der Waals surface area contributed by atoms with E-state index in [-0.39, 0.29) is 25.7 Å². The Morgan fingerprint density at radius 1 is 0.286 bits per heavy atom. The molecule has 98 heavy (non-hydrogen) atoms.